The third kappa shape index (κ3) is 7.43. The molecule has 0 bridgehead atoms. The van der Waals surface area contributed by atoms with E-state index in [1.807, 2.05) is 0 Å². The van der Waals surface area contributed by atoms with E-state index >= 15 is 0 Å². The molecule has 0 N–H and O–H groups in total. The van der Waals surface area contributed by atoms with Gasteiger partial charge in [-0.15, -0.1) is 0 Å². The number of fused-ring (bicyclic) bond motifs is 8. The number of anilines is 3. The minimum Gasteiger partial charge on any atom is -0.309 e. The molecule has 360 valence electrons. The molecule has 15 rings (SSSR count). The summed E-state index contributed by atoms with van der Waals surface area (Å²) < 4.78 is 4.81. The van der Waals surface area contributed by atoms with Crippen molar-refractivity contribution in [2.24, 2.45) is 0 Å². The summed E-state index contributed by atoms with van der Waals surface area (Å²) >= 11 is 0. The normalized spacial score (nSPS) is 11.6. The van der Waals surface area contributed by atoms with E-state index in [0.29, 0.717) is 0 Å². The van der Waals surface area contributed by atoms with Gasteiger partial charge in [-0.2, -0.15) is 0 Å². The number of nitrogens with zero attached hydrogens (tertiary/aromatic N) is 3. The van der Waals surface area contributed by atoms with Gasteiger partial charge in [-0.1, -0.05) is 212 Å². The quantitative estimate of drug-likeness (QED) is 0.131. The maximum Gasteiger partial charge on any atom is 0.0619 e. The molecule has 77 heavy (non-hydrogen) atoms. The molecule has 3 heteroatoms. The Morgan fingerprint density at radius 3 is 1.06 bits per heavy atom. The number of benzene rings is 13. The first-order valence-corrected chi connectivity index (χ1v) is 26.5. The maximum atomic E-state index is 2.56. The highest BCUT2D eigenvalue weighted by Gasteiger charge is 2.26. The van der Waals surface area contributed by atoms with Crippen molar-refractivity contribution in [3.05, 3.63) is 297 Å². The molecule has 0 aliphatic carbocycles. The number of aromatic nitrogens is 2. The number of para-hydroxylation sites is 4. The van der Waals surface area contributed by atoms with E-state index in [-0.39, 0.29) is 0 Å². The van der Waals surface area contributed by atoms with Crippen molar-refractivity contribution in [3.63, 3.8) is 0 Å². The predicted octanol–water partition coefficient (Wildman–Crippen LogP) is 20.3. The average Bonchev–Trinajstić information content (AvgIpc) is 4.07. The first kappa shape index (κ1) is 44.3. The Hall–Kier alpha value is -10.2. The largest absolute Gasteiger partial charge is 0.309 e. The minimum absolute atomic E-state index is 1.07. The monoisotopic (exact) mass is 979 g/mol. The van der Waals surface area contributed by atoms with Crippen LogP contribution in [0.3, 0.4) is 0 Å². The molecule has 3 nitrogen and oxygen atoms in total. The van der Waals surface area contributed by atoms with Gasteiger partial charge in [-0.25, -0.2) is 0 Å². The second-order valence-electron chi connectivity index (χ2n) is 20.0. The van der Waals surface area contributed by atoms with E-state index in [1.54, 1.807) is 0 Å². The summed E-state index contributed by atoms with van der Waals surface area (Å²) in [7, 11) is 0. The van der Waals surface area contributed by atoms with Crippen molar-refractivity contribution in [3.8, 4) is 55.9 Å². The number of hydrogen-bond donors (Lipinski definition) is 0. The Balaban J connectivity index is 1.08. The highest BCUT2D eigenvalue weighted by molar-refractivity contribution is 6.24. The molecule has 2 heterocycles. The van der Waals surface area contributed by atoms with Gasteiger partial charge in [-0.3, -0.25) is 0 Å². The SMILES string of the molecule is c1ccc(-c2ccc(-c3c4cc(-c5ccccc5)ccc4c(N(c4ccc5c(c4)c4ccccc4n5-c4ccccc4)c4ccc5c(c4)c4ccccc4n5-c4ccccc4)c4cc(-c5ccccc5)ccc34)cc2)cc1. The standard InChI is InChI=1S/C74H49N3/c1-6-20-50(21-7-1)53-34-36-54(37-35-53)73-63-42-38-56(52-24-10-3-11-25-52)47-68(63)74(64-43-39-55(46-67(64)73)51-22-8-2-9-23-51)75(59-40-44-71-65(48-59)61-30-16-18-32-69(61)76(71)57-26-12-4-13-27-57)60-41-45-72-66(49-60)62-31-17-19-33-70(62)77(72)58-28-14-5-15-29-58/h1-49H. The highest BCUT2D eigenvalue weighted by atomic mass is 15.1. The van der Waals surface area contributed by atoms with Crippen LogP contribution in [0.1, 0.15) is 0 Å². The van der Waals surface area contributed by atoms with Gasteiger partial charge < -0.3 is 14.0 Å². The topological polar surface area (TPSA) is 13.1 Å². The second kappa shape index (κ2) is 18.3. The van der Waals surface area contributed by atoms with Crippen LogP contribution in [0.2, 0.25) is 0 Å². The zero-order valence-electron chi connectivity index (χ0n) is 42.1. The zero-order chi connectivity index (χ0) is 50.8. The van der Waals surface area contributed by atoms with Gasteiger partial charge in [0.25, 0.3) is 0 Å². The summed E-state index contributed by atoms with van der Waals surface area (Å²) in [6, 6.07) is 109. The first-order valence-electron chi connectivity index (χ1n) is 26.5. The smallest absolute Gasteiger partial charge is 0.0619 e. The molecule has 15 aromatic rings. The summed E-state index contributed by atoms with van der Waals surface area (Å²) in [5.41, 5.74) is 19.6. The second-order valence-corrected chi connectivity index (χ2v) is 20.0. The first-order chi connectivity index (χ1) is 38.2. The van der Waals surface area contributed by atoms with Gasteiger partial charge in [-0.05, 0) is 140 Å². The fraction of sp³-hybridized carbons (Fsp3) is 0. The van der Waals surface area contributed by atoms with Gasteiger partial charge in [0.2, 0.25) is 0 Å². The third-order valence-electron chi connectivity index (χ3n) is 15.7. The highest BCUT2D eigenvalue weighted by Crippen LogP contribution is 2.51. The van der Waals surface area contributed by atoms with Crippen molar-refractivity contribution < 1.29 is 0 Å². The van der Waals surface area contributed by atoms with E-state index in [2.05, 4.69) is 311 Å². The van der Waals surface area contributed by atoms with Crippen LogP contribution in [0.4, 0.5) is 17.1 Å². The molecule has 0 spiro atoms. The molecule has 0 aliphatic rings. The Kier molecular flexibility index (Phi) is 10.5. The van der Waals surface area contributed by atoms with Gasteiger partial charge in [0, 0.05) is 55.1 Å². The van der Waals surface area contributed by atoms with Crippen LogP contribution in [0.15, 0.2) is 297 Å². The van der Waals surface area contributed by atoms with Gasteiger partial charge >= 0.3 is 0 Å². The summed E-state index contributed by atoms with van der Waals surface area (Å²) in [4.78, 5) is 2.56. The predicted molar refractivity (Wildman–Crippen MR) is 327 cm³/mol. The van der Waals surface area contributed by atoms with Crippen LogP contribution in [0.25, 0.3) is 121 Å². The molecule has 0 saturated heterocycles. The molecular weight excluding hydrogens is 931 g/mol. The summed E-state index contributed by atoms with van der Waals surface area (Å²) in [5, 5.41) is 9.47. The Labute approximate surface area is 447 Å². The van der Waals surface area contributed by atoms with E-state index < -0.39 is 0 Å². The van der Waals surface area contributed by atoms with Crippen molar-refractivity contribution in [2.45, 2.75) is 0 Å². The lowest BCUT2D eigenvalue weighted by Crippen LogP contribution is -2.12. The number of rotatable bonds is 9. The molecule has 0 fully saturated rings. The molecule has 13 aromatic carbocycles. The van der Waals surface area contributed by atoms with Crippen molar-refractivity contribution >= 4 is 82.2 Å². The van der Waals surface area contributed by atoms with Gasteiger partial charge in [0.1, 0.15) is 0 Å². The zero-order valence-corrected chi connectivity index (χ0v) is 42.1. The fourth-order valence-electron chi connectivity index (χ4n) is 12.2. The Morgan fingerprint density at radius 2 is 0.571 bits per heavy atom. The van der Waals surface area contributed by atoms with Crippen LogP contribution in [-0.4, -0.2) is 9.13 Å². The van der Waals surface area contributed by atoms with Crippen molar-refractivity contribution in [1.29, 1.82) is 0 Å². The average molecular weight is 980 g/mol. The fourth-order valence-corrected chi connectivity index (χ4v) is 12.2. The van der Waals surface area contributed by atoms with Crippen molar-refractivity contribution in [1.82, 2.24) is 9.13 Å². The molecular formula is C74H49N3. The van der Waals surface area contributed by atoms with Crippen LogP contribution in [0.5, 0.6) is 0 Å². The van der Waals surface area contributed by atoms with Crippen LogP contribution in [-0.2, 0) is 0 Å². The third-order valence-corrected chi connectivity index (χ3v) is 15.7. The summed E-state index contributed by atoms with van der Waals surface area (Å²) in [6.45, 7) is 0. The Morgan fingerprint density at radius 1 is 0.208 bits per heavy atom. The van der Waals surface area contributed by atoms with E-state index in [4.69, 9.17) is 0 Å². The molecule has 0 saturated carbocycles. The molecule has 0 atom stereocenters. The van der Waals surface area contributed by atoms with Crippen LogP contribution >= 0.6 is 0 Å². The van der Waals surface area contributed by atoms with Gasteiger partial charge in [0.05, 0.1) is 27.8 Å². The van der Waals surface area contributed by atoms with E-state index in [9.17, 15) is 0 Å². The lowest BCUT2D eigenvalue weighted by molar-refractivity contribution is 1.18. The van der Waals surface area contributed by atoms with Crippen LogP contribution < -0.4 is 4.90 Å². The van der Waals surface area contributed by atoms with Crippen LogP contribution in [0, 0.1) is 0 Å². The molecule has 0 unspecified atom stereocenters. The molecule has 0 radical (unpaired) electrons. The Bertz CT molecular complexity index is 4540. The lowest BCUT2D eigenvalue weighted by atomic mass is 9.86. The van der Waals surface area contributed by atoms with E-state index in [1.165, 1.54) is 82.3 Å². The lowest BCUT2D eigenvalue weighted by Gasteiger charge is -2.30. The van der Waals surface area contributed by atoms with Crippen molar-refractivity contribution in [2.75, 3.05) is 4.90 Å². The van der Waals surface area contributed by atoms with E-state index in [0.717, 1.165) is 55.8 Å². The minimum atomic E-state index is 1.07. The molecule has 0 aliphatic heterocycles. The summed E-state index contributed by atoms with van der Waals surface area (Å²) in [6.07, 6.45) is 0. The molecule has 2 aromatic heterocycles. The maximum absolute atomic E-state index is 2.56. The summed E-state index contributed by atoms with van der Waals surface area (Å²) in [5.74, 6) is 0. The van der Waals surface area contributed by atoms with Gasteiger partial charge in [0.15, 0.2) is 0 Å². The molecule has 0 amide bonds. The number of hydrogen-bond acceptors (Lipinski definition) is 1.